The first kappa shape index (κ1) is 26.9. The maximum Gasteiger partial charge on any atom is 0.280 e. The highest BCUT2D eigenvalue weighted by atomic mass is 35.5. The Morgan fingerprint density at radius 2 is 1.71 bits per heavy atom. The number of hydrogen-bond acceptors (Lipinski definition) is 8. The van der Waals surface area contributed by atoms with Crippen LogP contribution in [0.1, 0.15) is 28.8 Å². The molecule has 2 heterocycles. The molecule has 1 saturated heterocycles. The number of halogens is 1. The van der Waals surface area contributed by atoms with Crippen LogP contribution in [-0.4, -0.2) is 61.2 Å². The number of piperidine rings is 1. The van der Waals surface area contributed by atoms with E-state index in [0.29, 0.717) is 42.3 Å². The van der Waals surface area contributed by atoms with Gasteiger partial charge in [-0.05, 0) is 62.3 Å². The van der Waals surface area contributed by atoms with Crippen LogP contribution in [0, 0.1) is 10.1 Å². The van der Waals surface area contributed by atoms with Crippen LogP contribution in [0.3, 0.4) is 0 Å². The molecule has 0 bridgehead atoms. The normalized spacial score (nSPS) is 15.6. The maximum absolute atomic E-state index is 13.1. The number of nitro groups is 1. The molecule has 0 unspecified atom stereocenters. The zero-order valence-electron chi connectivity index (χ0n) is 20.3. The van der Waals surface area contributed by atoms with Gasteiger partial charge in [0.25, 0.3) is 11.6 Å². The van der Waals surface area contributed by atoms with Gasteiger partial charge in [0.15, 0.2) is 11.5 Å². The summed E-state index contributed by atoms with van der Waals surface area (Å²) in [7, 11) is 0. The summed E-state index contributed by atoms with van der Waals surface area (Å²) >= 11 is 5.84. The van der Waals surface area contributed by atoms with E-state index in [1.165, 1.54) is 18.2 Å². The fourth-order valence-corrected chi connectivity index (χ4v) is 4.29. The van der Waals surface area contributed by atoms with Crippen LogP contribution in [0.2, 0.25) is 5.02 Å². The molecule has 0 aromatic heterocycles. The summed E-state index contributed by atoms with van der Waals surface area (Å²) in [5.41, 5.74) is -0.812. The van der Waals surface area contributed by atoms with Crippen LogP contribution < -0.4 is 30.7 Å². The summed E-state index contributed by atoms with van der Waals surface area (Å²) in [6, 6.07) is 9.09. The summed E-state index contributed by atoms with van der Waals surface area (Å²) in [6.07, 6.45) is 3.14. The Kier molecular flexibility index (Phi) is 8.44. The highest BCUT2D eigenvalue weighted by Crippen LogP contribution is 2.38. The van der Waals surface area contributed by atoms with Crippen molar-refractivity contribution in [1.29, 1.82) is 0 Å². The molecule has 0 atom stereocenters. The number of nitro benzene ring substituents is 1. The van der Waals surface area contributed by atoms with Crippen LogP contribution in [0.5, 0.6) is 11.5 Å². The standard InChI is InChI=1S/C25H26ClN5O7/c26-18-4-1-16(2-5-18)23(33)28-11-12-29-24(34)25(7-9-27-10-8-25)30-22(32)6-3-17-13-20-21(38-15-37-20)14-19(17)31(35)36/h1-6,13-14,27H,7-12,15H2,(H,28,33)(H,29,34)(H,30,32). The largest absolute Gasteiger partial charge is 0.454 e. The third kappa shape index (κ3) is 6.39. The molecule has 200 valence electrons. The Labute approximate surface area is 222 Å². The highest BCUT2D eigenvalue weighted by Gasteiger charge is 2.40. The smallest absolute Gasteiger partial charge is 0.280 e. The van der Waals surface area contributed by atoms with Crippen molar-refractivity contribution in [2.24, 2.45) is 0 Å². The Hall–Kier alpha value is -4.16. The highest BCUT2D eigenvalue weighted by molar-refractivity contribution is 6.30. The van der Waals surface area contributed by atoms with E-state index in [0.717, 1.165) is 6.08 Å². The lowest BCUT2D eigenvalue weighted by Crippen LogP contribution is -2.63. The molecule has 2 aliphatic heterocycles. The van der Waals surface area contributed by atoms with Gasteiger partial charge >= 0.3 is 0 Å². The molecule has 4 rings (SSSR count). The minimum atomic E-state index is -1.17. The average Bonchev–Trinajstić information content (AvgIpc) is 3.37. The van der Waals surface area contributed by atoms with Crippen LogP contribution in [-0.2, 0) is 9.59 Å². The van der Waals surface area contributed by atoms with Crippen LogP contribution in [0.4, 0.5) is 5.69 Å². The molecule has 2 aliphatic rings. The van der Waals surface area contributed by atoms with Crippen molar-refractivity contribution in [3.8, 4) is 11.5 Å². The summed E-state index contributed by atoms with van der Waals surface area (Å²) < 4.78 is 10.5. The van der Waals surface area contributed by atoms with E-state index in [1.54, 1.807) is 24.3 Å². The third-order valence-corrected chi connectivity index (χ3v) is 6.44. The van der Waals surface area contributed by atoms with Gasteiger partial charge in [0.05, 0.1) is 16.6 Å². The first-order valence-electron chi connectivity index (χ1n) is 11.9. The number of carbonyl (C=O) groups is 3. The van der Waals surface area contributed by atoms with Gasteiger partial charge in [-0.2, -0.15) is 0 Å². The molecule has 0 aliphatic carbocycles. The molecule has 0 spiro atoms. The van der Waals surface area contributed by atoms with Crippen LogP contribution in [0.15, 0.2) is 42.5 Å². The number of rotatable bonds is 9. The van der Waals surface area contributed by atoms with Crippen molar-refractivity contribution in [3.63, 3.8) is 0 Å². The molecule has 2 aromatic rings. The molecular weight excluding hydrogens is 518 g/mol. The zero-order valence-corrected chi connectivity index (χ0v) is 21.0. The van der Waals surface area contributed by atoms with Gasteiger partial charge < -0.3 is 30.7 Å². The Morgan fingerprint density at radius 3 is 2.39 bits per heavy atom. The molecule has 4 N–H and O–H groups in total. The Morgan fingerprint density at radius 1 is 1.05 bits per heavy atom. The van der Waals surface area contributed by atoms with Crippen molar-refractivity contribution in [3.05, 3.63) is 68.7 Å². The molecule has 12 nitrogen and oxygen atoms in total. The van der Waals surface area contributed by atoms with Gasteiger partial charge in [-0.15, -0.1) is 0 Å². The second-order valence-corrected chi connectivity index (χ2v) is 9.13. The van der Waals surface area contributed by atoms with Crippen molar-refractivity contribution < 1.29 is 28.8 Å². The molecule has 0 saturated carbocycles. The number of benzene rings is 2. The lowest BCUT2D eigenvalue weighted by Gasteiger charge is -2.36. The van der Waals surface area contributed by atoms with E-state index in [1.807, 2.05) is 0 Å². The molecule has 3 amide bonds. The molecular formula is C25H26ClN5O7. The summed E-state index contributed by atoms with van der Waals surface area (Å²) in [6.45, 7) is 1.32. The average molecular weight is 544 g/mol. The van der Waals surface area contributed by atoms with Crippen molar-refractivity contribution in [2.45, 2.75) is 18.4 Å². The molecule has 1 fully saturated rings. The molecule has 13 heteroatoms. The van der Waals surface area contributed by atoms with Crippen LogP contribution >= 0.6 is 11.6 Å². The molecule has 38 heavy (non-hydrogen) atoms. The number of ether oxygens (including phenoxy) is 2. The van der Waals surface area contributed by atoms with Gasteiger partial charge in [0.1, 0.15) is 5.54 Å². The lowest BCUT2D eigenvalue weighted by molar-refractivity contribution is -0.385. The number of fused-ring (bicyclic) bond motifs is 1. The topological polar surface area (TPSA) is 161 Å². The quantitative estimate of drug-likeness (QED) is 0.161. The first-order chi connectivity index (χ1) is 18.3. The van der Waals surface area contributed by atoms with Crippen molar-refractivity contribution >= 4 is 41.1 Å². The van der Waals surface area contributed by atoms with Crippen LogP contribution in [0.25, 0.3) is 6.08 Å². The monoisotopic (exact) mass is 543 g/mol. The lowest BCUT2D eigenvalue weighted by atomic mass is 9.87. The van der Waals surface area contributed by atoms with Gasteiger partial charge in [-0.1, -0.05) is 11.6 Å². The second kappa shape index (κ2) is 11.9. The zero-order chi connectivity index (χ0) is 27.1. The minimum Gasteiger partial charge on any atom is -0.454 e. The summed E-state index contributed by atoms with van der Waals surface area (Å²) in [5.74, 6) is -0.662. The van der Waals surface area contributed by atoms with Gasteiger partial charge in [-0.3, -0.25) is 24.5 Å². The number of amides is 3. The van der Waals surface area contributed by atoms with E-state index < -0.39 is 16.4 Å². The van der Waals surface area contributed by atoms with Gasteiger partial charge in [0, 0.05) is 29.8 Å². The second-order valence-electron chi connectivity index (χ2n) is 8.69. The van der Waals surface area contributed by atoms with E-state index in [-0.39, 0.29) is 48.7 Å². The molecule has 2 aromatic carbocycles. The fraction of sp³-hybridized carbons (Fsp3) is 0.320. The van der Waals surface area contributed by atoms with E-state index >= 15 is 0 Å². The minimum absolute atomic E-state index is 0.0450. The van der Waals surface area contributed by atoms with Crippen molar-refractivity contribution in [1.82, 2.24) is 21.3 Å². The summed E-state index contributed by atoms with van der Waals surface area (Å²) in [4.78, 5) is 49.1. The number of carbonyl (C=O) groups excluding carboxylic acids is 3. The predicted molar refractivity (Wildman–Crippen MR) is 138 cm³/mol. The Bertz CT molecular complexity index is 1260. The van der Waals surface area contributed by atoms with E-state index in [4.69, 9.17) is 21.1 Å². The van der Waals surface area contributed by atoms with E-state index in [9.17, 15) is 24.5 Å². The predicted octanol–water partition coefficient (Wildman–Crippen LogP) is 1.77. The molecule has 0 radical (unpaired) electrons. The number of nitrogens with zero attached hydrogens (tertiary/aromatic N) is 1. The fourth-order valence-electron chi connectivity index (χ4n) is 4.17. The third-order valence-electron chi connectivity index (χ3n) is 6.19. The number of hydrogen-bond donors (Lipinski definition) is 4. The van der Waals surface area contributed by atoms with Crippen molar-refractivity contribution in [2.75, 3.05) is 33.0 Å². The van der Waals surface area contributed by atoms with Gasteiger partial charge in [-0.25, -0.2) is 0 Å². The first-order valence-corrected chi connectivity index (χ1v) is 12.3. The summed E-state index contributed by atoms with van der Waals surface area (Å²) in [5, 5.41) is 23.4. The maximum atomic E-state index is 13.1. The SMILES string of the molecule is O=C(C=Cc1cc2c(cc1[N+](=O)[O-])OCO2)NC1(C(=O)NCCNC(=O)c2ccc(Cl)cc2)CCNCC1. The van der Waals surface area contributed by atoms with Gasteiger partial charge in [0.2, 0.25) is 18.6 Å². The number of nitrogens with one attached hydrogen (secondary N) is 4. The van der Waals surface area contributed by atoms with E-state index in [2.05, 4.69) is 21.3 Å². The Balaban J connectivity index is 1.36.